The number of aryl methyl sites for hydroxylation is 2. The number of rotatable bonds is 2. The Morgan fingerprint density at radius 3 is 2.61 bits per heavy atom. The van der Waals surface area contributed by atoms with E-state index in [9.17, 15) is 4.21 Å². The highest BCUT2D eigenvalue weighted by Crippen LogP contribution is 2.26. The van der Waals surface area contributed by atoms with E-state index in [1.54, 1.807) is 0 Å². The normalized spacial score (nSPS) is 26.6. The van der Waals surface area contributed by atoms with Gasteiger partial charge in [-0.2, -0.15) is 0 Å². The van der Waals surface area contributed by atoms with E-state index in [1.165, 1.54) is 18.4 Å². The van der Waals surface area contributed by atoms with Gasteiger partial charge in [0.15, 0.2) is 0 Å². The highest BCUT2D eigenvalue weighted by molar-refractivity contribution is 7.85. The molecule has 0 heterocycles. The molecule has 2 N–H and O–H groups in total. The van der Waals surface area contributed by atoms with Crippen molar-refractivity contribution in [1.82, 2.24) is 0 Å². The van der Waals surface area contributed by atoms with Crippen molar-refractivity contribution >= 4 is 10.8 Å². The topological polar surface area (TPSA) is 43.1 Å². The Balaban J connectivity index is 2.23. The van der Waals surface area contributed by atoms with Gasteiger partial charge in [-0.25, -0.2) is 0 Å². The molecule has 2 rings (SSSR count). The van der Waals surface area contributed by atoms with Crippen LogP contribution in [0.15, 0.2) is 23.1 Å². The summed E-state index contributed by atoms with van der Waals surface area (Å²) in [4.78, 5) is 0.975. The first kappa shape index (κ1) is 13.8. The Hall–Kier alpha value is -0.670. The quantitative estimate of drug-likeness (QED) is 0.835. The van der Waals surface area contributed by atoms with Crippen molar-refractivity contribution in [2.75, 3.05) is 0 Å². The Bertz CT molecular complexity index is 444. The van der Waals surface area contributed by atoms with E-state index in [0.29, 0.717) is 0 Å². The lowest BCUT2D eigenvalue weighted by molar-refractivity contribution is 0.575. The predicted octanol–water partition coefficient (Wildman–Crippen LogP) is 3.07. The van der Waals surface area contributed by atoms with Crippen LogP contribution in [0.25, 0.3) is 0 Å². The zero-order valence-electron chi connectivity index (χ0n) is 11.3. The molecule has 0 radical (unpaired) electrons. The molecular weight excluding hydrogens is 242 g/mol. The van der Waals surface area contributed by atoms with Crippen molar-refractivity contribution < 1.29 is 4.21 Å². The summed E-state index contributed by atoms with van der Waals surface area (Å²) in [6, 6.07) is 6.25. The van der Waals surface area contributed by atoms with Crippen LogP contribution in [0, 0.1) is 13.8 Å². The van der Waals surface area contributed by atoms with Gasteiger partial charge in [0.2, 0.25) is 0 Å². The summed E-state index contributed by atoms with van der Waals surface area (Å²) in [7, 11) is -0.956. The van der Waals surface area contributed by atoms with Crippen LogP contribution < -0.4 is 5.73 Å². The molecule has 1 aliphatic rings. The van der Waals surface area contributed by atoms with E-state index < -0.39 is 10.8 Å². The maximum atomic E-state index is 12.7. The van der Waals surface area contributed by atoms with Gasteiger partial charge in [0.05, 0.1) is 16.0 Å². The molecule has 0 bridgehead atoms. The SMILES string of the molecule is Cc1ccc(S(=O)C2CCCCCC2N)c(C)c1. The second-order valence-electron chi connectivity index (χ2n) is 5.41. The minimum atomic E-state index is -0.956. The molecule has 0 aliphatic heterocycles. The lowest BCUT2D eigenvalue weighted by Crippen LogP contribution is -2.37. The van der Waals surface area contributed by atoms with Gasteiger partial charge < -0.3 is 5.73 Å². The molecule has 3 unspecified atom stereocenters. The summed E-state index contributed by atoms with van der Waals surface area (Å²) >= 11 is 0. The summed E-state index contributed by atoms with van der Waals surface area (Å²) in [6.45, 7) is 4.11. The van der Waals surface area contributed by atoms with Crippen molar-refractivity contribution in [3.8, 4) is 0 Å². The van der Waals surface area contributed by atoms with Crippen molar-refractivity contribution in [3.05, 3.63) is 29.3 Å². The molecule has 18 heavy (non-hydrogen) atoms. The van der Waals surface area contributed by atoms with E-state index in [-0.39, 0.29) is 11.3 Å². The molecule has 1 aromatic rings. The van der Waals surface area contributed by atoms with Crippen LogP contribution in [-0.2, 0) is 10.8 Å². The number of hydrogen-bond donors (Lipinski definition) is 1. The van der Waals surface area contributed by atoms with Crippen LogP contribution in [0.2, 0.25) is 0 Å². The number of nitrogens with two attached hydrogens (primary N) is 1. The number of benzene rings is 1. The average Bonchev–Trinajstić information content (AvgIpc) is 2.53. The summed E-state index contributed by atoms with van der Waals surface area (Å²) in [6.07, 6.45) is 5.59. The first-order chi connectivity index (χ1) is 8.59. The lowest BCUT2D eigenvalue weighted by Gasteiger charge is -2.21. The highest BCUT2D eigenvalue weighted by Gasteiger charge is 2.27. The van der Waals surface area contributed by atoms with Crippen LogP contribution >= 0.6 is 0 Å². The van der Waals surface area contributed by atoms with Gasteiger partial charge in [-0.15, -0.1) is 0 Å². The van der Waals surface area contributed by atoms with Crippen molar-refractivity contribution in [2.45, 2.75) is 62.1 Å². The average molecular weight is 265 g/mol. The zero-order valence-corrected chi connectivity index (χ0v) is 12.1. The van der Waals surface area contributed by atoms with E-state index in [2.05, 4.69) is 13.0 Å². The Morgan fingerprint density at radius 1 is 1.17 bits per heavy atom. The fourth-order valence-electron chi connectivity index (χ4n) is 2.76. The minimum absolute atomic E-state index is 0.0917. The van der Waals surface area contributed by atoms with Gasteiger partial charge in [-0.05, 0) is 38.3 Å². The monoisotopic (exact) mass is 265 g/mol. The standard InChI is InChI=1S/C15H23NOS/c1-11-8-9-14(12(2)10-11)18(17)15-7-5-3-4-6-13(15)16/h8-10,13,15H,3-7,16H2,1-2H3. The molecular formula is C15H23NOS. The van der Waals surface area contributed by atoms with Crippen LogP contribution in [0.5, 0.6) is 0 Å². The number of hydrogen-bond acceptors (Lipinski definition) is 2. The third-order valence-electron chi connectivity index (χ3n) is 3.83. The highest BCUT2D eigenvalue weighted by atomic mass is 32.2. The van der Waals surface area contributed by atoms with Gasteiger partial charge in [0.1, 0.15) is 0 Å². The lowest BCUT2D eigenvalue weighted by atomic mass is 10.1. The molecule has 1 fully saturated rings. The molecule has 3 heteroatoms. The molecule has 100 valence electrons. The third-order valence-corrected chi connectivity index (χ3v) is 5.85. The maximum Gasteiger partial charge on any atom is 0.0579 e. The van der Waals surface area contributed by atoms with Crippen molar-refractivity contribution in [3.63, 3.8) is 0 Å². The van der Waals surface area contributed by atoms with E-state index in [1.807, 2.05) is 19.1 Å². The van der Waals surface area contributed by atoms with Crippen LogP contribution in [-0.4, -0.2) is 15.5 Å². The Labute approximate surface area is 112 Å². The molecule has 0 aromatic heterocycles. The van der Waals surface area contributed by atoms with Gasteiger partial charge in [-0.3, -0.25) is 4.21 Å². The van der Waals surface area contributed by atoms with Crippen molar-refractivity contribution in [2.24, 2.45) is 5.73 Å². The summed E-state index contributed by atoms with van der Waals surface area (Å²) in [5.74, 6) is 0. The van der Waals surface area contributed by atoms with Gasteiger partial charge in [0.25, 0.3) is 0 Å². The fourth-order valence-corrected chi connectivity index (χ4v) is 4.50. The van der Waals surface area contributed by atoms with Gasteiger partial charge >= 0.3 is 0 Å². The predicted molar refractivity (Wildman–Crippen MR) is 77.2 cm³/mol. The second-order valence-corrected chi connectivity index (χ2v) is 7.05. The summed E-state index contributed by atoms with van der Waals surface area (Å²) in [5.41, 5.74) is 8.55. The Kier molecular flexibility index (Phi) is 4.57. The molecule has 0 spiro atoms. The first-order valence-electron chi connectivity index (χ1n) is 6.83. The molecule has 1 aromatic carbocycles. The molecule has 2 nitrogen and oxygen atoms in total. The van der Waals surface area contributed by atoms with E-state index in [0.717, 1.165) is 29.7 Å². The second kappa shape index (κ2) is 5.98. The Morgan fingerprint density at radius 2 is 1.89 bits per heavy atom. The van der Waals surface area contributed by atoms with Crippen LogP contribution in [0.4, 0.5) is 0 Å². The minimum Gasteiger partial charge on any atom is -0.327 e. The first-order valence-corrected chi connectivity index (χ1v) is 8.04. The molecule has 3 atom stereocenters. The van der Waals surface area contributed by atoms with E-state index in [4.69, 9.17) is 5.73 Å². The summed E-state index contributed by atoms with van der Waals surface area (Å²) in [5, 5.41) is 0.133. The van der Waals surface area contributed by atoms with Crippen LogP contribution in [0.3, 0.4) is 0 Å². The fraction of sp³-hybridized carbons (Fsp3) is 0.600. The molecule has 1 saturated carbocycles. The largest absolute Gasteiger partial charge is 0.327 e. The van der Waals surface area contributed by atoms with Gasteiger partial charge in [-0.1, -0.05) is 37.0 Å². The third kappa shape index (κ3) is 3.01. The van der Waals surface area contributed by atoms with E-state index >= 15 is 0 Å². The zero-order chi connectivity index (χ0) is 13.1. The van der Waals surface area contributed by atoms with Crippen molar-refractivity contribution in [1.29, 1.82) is 0 Å². The smallest absolute Gasteiger partial charge is 0.0579 e. The molecule has 0 amide bonds. The maximum absolute atomic E-state index is 12.7. The van der Waals surface area contributed by atoms with Gasteiger partial charge in [0, 0.05) is 10.9 Å². The van der Waals surface area contributed by atoms with Crippen LogP contribution in [0.1, 0.15) is 43.2 Å². The molecule has 0 saturated heterocycles. The summed E-state index contributed by atoms with van der Waals surface area (Å²) < 4.78 is 12.7. The molecule has 1 aliphatic carbocycles.